The van der Waals surface area contributed by atoms with Gasteiger partial charge >= 0.3 is 11.9 Å². The first-order valence-corrected chi connectivity index (χ1v) is 10.8. The summed E-state index contributed by atoms with van der Waals surface area (Å²) >= 11 is 0. The molecule has 0 saturated carbocycles. The van der Waals surface area contributed by atoms with Crippen molar-refractivity contribution >= 4 is 11.9 Å². The second-order valence-corrected chi connectivity index (χ2v) is 7.93. The molecule has 0 bridgehead atoms. The molecule has 0 heterocycles. The Morgan fingerprint density at radius 3 is 1.11 bits per heavy atom. The summed E-state index contributed by atoms with van der Waals surface area (Å²) in [6.45, 7) is 9.66. The maximum absolute atomic E-state index is 9.90. The highest BCUT2D eigenvalue weighted by Crippen LogP contribution is 2.07. The molecule has 0 radical (unpaired) electrons. The highest BCUT2D eigenvalue weighted by molar-refractivity contribution is 5.67. The van der Waals surface area contributed by atoms with E-state index in [9.17, 15) is 9.59 Å². The van der Waals surface area contributed by atoms with Gasteiger partial charge in [-0.15, -0.1) is 0 Å². The van der Waals surface area contributed by atoms with Crippen molar-refractivity contribution in [3.05, 3.63) is 0 Å². The van der Waals surface area contributed by atoms with Crippen LogP contribution in [0.2, 0.25) is 0 Å². The molecule has 28 heavy (non-hydrogen) atoms. The van der Waals surface area contributed by atoms with E-state index in [-0.39, 0.29) is 12.8 Å². The molecule has 0 aliphatic carbocycles. The number of rotatable bonds is 15. The van der Waals surface area contributed by atoms with Crippen LogP contribution in [0.15, 0.2) is 0 Å². The molecule has 4 N–H and O–H groups in total. The Morgan fingerprint density at radius 2 is 0.893 bits per heavy atom. The van der Waals surface area contributed by atoms with E-state index in [4.69, 9.17) is 20.4 Å². The summed E-state index contributed by atoms with van der Waals surface area (Å²) in [5.41, 5.74) is 0. The minimum atomic E-state index is -0.870. The minimum Gasteiger partial charge on any atom is -0.481 e. The average molecular weight is 407 g/mol. The van der Waals surface area contributed by atoms with E-state index in [1.807, 2.05) is 0 Å². The Bertz CT molecular complexity index is 297. The Hall–Kier alpha value is -1.14. The van der Waals surface area contributed by atoms with Crippen LogP contribution >= 0.6 is 0 Å². The first-order valence-electron chi connectivity index (χ1n) is 10.8. The molecule has 0 unspecified atom stereocenters. The van der Waals surface area contributed by atoms with Crippen LogP contribution in [0.5, 0.6) is 0 Å². The molecule has 0 fully saturated rings. The first kappa shape index (κ1) is 31.6. The third-order valence-corrected chi connectivity index (χ3v) is 3.91. The van der Waals surface area contributed by atoms with Crippen molar-refractivity contribution in [2.24, 2.45) is 11.8 Å². The molecule has 0 aromatic carbocycles. The van der Waals surface area contributed by atoms with Gasteiger partial charge in [0.25, 0.3) is 0 Å². The number of hydrogen-bond donors (Lipinski definition) is 4. The van der Waals surface area contributed by atoms with Crippen molar-refractivity contribution in [1.82, 2.24) is 0 Å². The van der Waals surface area contributed by atoms with Crippen LogP contribution < -0.4 is 0 Å². The van der Waals surface area contributed by atoms with Crippen LogP contribution in [-0.4, -0.2) is 45.6 Å². The number of carboxylic acid groups (broad SMARTS) is 2. The van der Waals surface area contributed by atoms with Gasteiger partial charge in [0.2, 0.25) is 0 Å². The van der Waals surface area contributed by atoms with E-state index in [2.05, 4.69) is 27.7 Å². The molecule has 0 aromatic heterocycles. The number of aliphatic hydroxyl groups is 2. The summed E-state index contributed by atoms with van der Waals surface area (Å²) in [5.74, 6) is -0.0943. The third kappa shape index (κ3) is 44.4. The van der Waals surface area contributed by atoms with Gasteiger partial charge in [0.15, 0.2) is 0 Å². The van der Waals surface area contributed by atoms with Gasteiger partial charge in [0.05, 0.1) is 0 Å². The van der Waals surface area contributed by atoms with E-state index in [1.165, 1.54) is 38.5 Å². The van der Waals surface area contributed by atoms with Crippen molar-refractivity contribution in [1.29, 1.82) is 0 Å². The predicted octanol–water partition coefficient (Wildman–Crippen LogP) is 5.11. The largest absolute Gasteiger partial charge is 0.481 e. The highest BCUT2D eigenvalue weighted by atomic mass is 16.4. The molecule has 0 aromatic rings. The Morgan fingerprint density at radius 1 is 0.571 bits per heavy atom. The summed E-state index contributed by atoms with van der Waals surface area (Å²) in [6, 6.07) is 0. The molecule has 0 spiro atoms. The summed E-state index contributed by atoms with van der Waals surface area (Å²) in [5, 5.41) is 33.1. The Balaban J connectivity index is -0.000000336. The molecule has 0 aliphatic heterocycles. The van der Waals surface area contributed by atoms with E-state index in [0.29, 0.717) is 26.1 Å². The van der Waals surface area contributed by atoms with Crippen molar-refractivity contribution in [3.63, 3.8) is 0 Å². The van der Waals surface area contributed by atoms with Crippen molar-refractivity contribution in [2.45, 2.75) is 105 Å². The fourth-order valence-corrected chi connectivity index (χ4v) is 2.23. The SMILES string of the molecule is CC(C)CCCCCO.CC(C)CCCCCO.O=C(O)CCCCC(=O)O. The summed E-state index contributed by atoms with van der Waals surface area (Å²) in [7, 11) is 0. The van der Waals surface area contributed by atoms with Crippen LogP contribution in [0.4, 0.5) is 0 Å². The van der Waals surface area contributed by atoms with Crippen LogP contribution in [0.25, 0.3) is 0 Å². The monoisotopic (exact) mass is 406 g/mol. The molecule has 0 atom stereocenters. The fourth-order valence-electron chi connectivity index (χ4n) is 2.23. The lowest BCUT2D eigenvalue weighted by molar-refractivity contribution is -0.139. The molecular formula is C22H46O6. The van der Waals surface area contributed by atoms with Gasteiger partial charge in [-0.05, 0) is 37.5 Å². The number of carbonyl (C=O) groups is 2. The smallest absolute Gasteiger partial charge is 0.303 e. The van der Waals surface area contributed by atoms with Crippen LogP contribution in [0, 0.1) is 11.8 Å². The van der Waals surface area contributed by atoms with Gasteiger partial charge in [-0.2, -0.15) is 0 Å². The number of unbranched alkanes of at least 4 members (excludes halogenated alkanes) is 5. The van der Waals surface area contributed by atoms with Gasteiger partial charge in [-0.25, -0.2) is 0 Å². The van der Waals surface area contributed by atoms with Crippen LogP contribution in [0.3, 0.4) is 0 Å². The summed E-state index contributed by atoms with van der Waals surface area (Å²) in [4.78, 5) is 19.8. The Labute approximate surface area is 172 Å². The average Bonchev–Trinajstić information content (AvgIpc) is 2.60. The quantitative estimate of drug-likeness (QED) is 0.281. The van der Waals surface area contributed by atoms with Gasteiger partial charge in [0.1, 0.15) is 0 Å². The second kappa shape index (κ2) is 25.9. The van der Waals surface area contributed by atoms with E-state index < -0.39 is 11.9 Å². The molecule has 170 valence electrons. The van der Waals surface area contributed by atoms with Crippen LogP contribution in [0.1, 0.15) is 105 Å². The maximum atomic E-state index is 9.90. The molecule has 0 rings (SSSR count). The molecule has 0 amide bonds. The molecular weight excluding hydrogens is 360 g/mol. The predicted molar refractivity (Wildman–Crippen MR) is 115 cm³/mol. The zero-order valence-corrected chi connectivity index (χ0v) is 18.7. The van der Waals surface area contributed by atoms with Crippen LogP contribution in [-0.2, 0) is 9.59 Å². The number of aliphatic hydroxyl groups excluding tert-OH is 2. The topological polar surface area (TPSA) is 115 Å². The van der Waals surface area contributed by atoms with Gasteiger partial charge in [-0.3, -0.25) is 9.59 Å². The molecule has 6 nitrogen and oxygen atoms in total. The third-order valence-electron chi connectivity index (χ3n) is 3.91. The van der Waals surface area contributed by atoms with Crippen molar-refractivity contribution in [2.75, 3.05) is 13.2 Å². The minimum absolute atomic E-state index is 0.0628. The molecule has 0 saturated heterocycles. The lowest BCUT2D eigenvalue weighted by atomic mass is 10.1. The van der Waals surface area contributed by atoms with Crippen molar-refractivity contribution in [3.8, 4) is 0 Å². The zero-order chi connectivity index (χ0) is 22.2. The maximum Gasteiger partial charge on any atom is 0.303 e. The van der Waals surface area contributed by atoms with E-state index >= 15 is 0 Å². The molecule has 6 heteroatoms. The number of carboxylic acids is 2. The zero-order valence-electron chi connectivity index (χ0n) is 18.7. The lowest BCUT2D eigenvalue weighted by Crippen LogP contribution is -1.97. The first-order chi connectivity index (χ1) is 13.2. The molecule has 0 aliphatic rings. The van der Waals surface area contributed by atoms with Crippen molar-refractivity contribution < 1.29 is 30.0 Å². The summed E-state index contributed by atoms with van der Waals surface area (Å²) < 4.78 is 0. The standard InChI is InChI=1S/2C8H18O.C6H10O4/c2*1-8(2)6-4-3-5-7-9;7-5(8)3-1-2-4-6(9)10/h2*8-9H,3-7H2,1-2H3;1-4H2,(H,7,8)(H,9,10). The summed E-state index contributed by atoms with van der Waals surface area (Å²) in [6.07, 6.45) is 10.5. The normalized spacial score (nSPS) is 10.1. The number of hydrogen-bond acceptors (Lipinski definition) is 4. The second-order valence-electron chi connectivity index (χ2n) is 7.93. The van der Waals surface area contributed by atoms with Gasteiger partial charge in [-0.1, -0.05) is 66.2 Å². The number of aliphatic carboxylic acids is 2. The Kier molecular flexibility index (Phi) is 29.1. The lowest BCUT2D eigenvalue weighted by Gasteiger charge is -2.01. The fraction of sp³-hybridized carbons (Fsp3) is 0.909. The van der Waals surface area contributed by atoms with E-state index in [0.717, 1.165) is 24.7 Å². The van der Waals surface area contributed by atoms with Gasteiger partial charge < -0.3 is 20.4 Å². The van der Waals surface area contributed by atoms with Gasteiger partial charge in [0, 0.05) is 26.1 Å². The van der Waals surface area contributed by atoms with E-state index in [1.54, 1.807) is 0 Å². The highest BCUT2D eigenvalue weighted by Gasteiger charge is 1.99.